The predicted molar refractivity (Wildman–Crippen MR) is 110 cm³/mol. The first-order valence-electron chi connectivity index (χ1n) is 8.51. The highest BCUT2D eigenvalue weighted by Crippen LogP contribution is 2.28. The van der Waals surface area contributed by atoms with Crippen molar-refractivity contribution < 1.29 is 19.1 Å². The maximum atomic E-state index is 12.3. The van der Waals surface area contributed by atoms with E-state index in [1.165, 1.54) is 0 Å². The third-order valence-electron chi connectivity index (χ3n) is 4.44. The van der Waals surface area contributed by atoms with Crippen molar-refractivity contribution in [1.82, 2.24) is 4.98 Å². The van der Waals surface area contributed by atoms with Crippen LogP contribution < -0.4 is 15.4 Å². The van der Waals surface area contributed by atoms with E-state index in [4.69, 9.17) is 10.5 Å². The molecule has 0 radical (unpaired) electrons. The highest BCUT2D eigenvalue weighted by Gasteiger charge is 2.35. The molecular weight excluding hydrogens is 405 g/mol. The van der Waals surface area contributed by atoms with Gasteiger partial charge in [0, 0.05) is 37.1 Å². The Balaban J connectivity index is 0.00000196. The van der Waals surface area contributed by atoms with Crippen LogP contribution in [0.2, 0.25) is 0 Å². The minimum absolute atomic E-state index is 0. The summed E-state index contributed by atoms with van der Waals surface area (Å²) in [5.74, 6) is -0.264. The van der Waals surface area contributed by atoms with Crippen molar-refractivity contribution >= 4 is 42.6 Å². The van der Waals surface area contributed by atoms with Crippen LogP contribution in [0.4, 0.5) is 10.5 Å². The van der Waals surface area contributed by atoms with Gasteiger partial charge < -0.3 is 20.1 Å². The largest absolute Gasteiger partial charge is 0.478 e. The summed E-state index contributed by atoms with van der Waals surface area (Å²) in [7, 11) is 0. The monoisotopic (exact) mass is 427 g/mol. The number of nitrogens with zero attached hydrogens (tertiary/aromatic N) is 2. The van der Waals surface area contributed by atoms with Crippen molar-refractivity contribution in [3.05, 3.63) is 54.9 Å². The molecule has 3 rings (SSSR count). The highest BCUT2D eigenvalue weighted by atomic mass is 35.5. The van der Waals surface area contributed by atoms with Gasteiger partial charge in [0.25, 0.3) is 0 Å². The Morgan fingerprint density at radius 1 is 1.04 bits per heavy atom. The Labute approximate surface area is 176 Å². The fraction of sp³-hybridized carbons (Fsp3) is 0.316. The Hall–Kier alpha value is -2.51. The smallest absolute Gasteiger partial charge is 0.412 e. The number of rotatable bonds is 5. The molecule has 1 aromatic carbocycles. The standard InChI is InChI=1S/C19H21N3O4.2ClH/c20-19(24)26-18(23)17(25-16-4-2-1-3-5-16)14-8-12-22(13-9-14)15-6-10-21-11-7-15;;/h1-7,10-11,14,17H,8-9,12-13H2,(H2,20,24);2*1H. The van der Waals surface area contributed by atoms with Gasteiger partial charge in [-0.2, -0.15) is 0 Å². The summed E-state index contributed by atoms with van der Waals surface area (Å²) in [6.07, 6.45) is 2.98. The zero-order valence-electron chi connectivity index (χ0n) is 15.1. The molecular formula is C19H23Cl2N3O4. The van der Waals surface area contributed by atoms with Crippen molar-refractivity contribution in [2.45, 2.75) is 18.9 Å². The Bertz CT molecular complexity index is 741. The molecule has 152 valence electrons. The van der Waals surface area contributed by atoms with E-state index in [-0.39, 0.29) is 30.7 Å². The number of pyridine rings is 1. The number of piperidine rings is 1. The Morgan fingerprint density at radius 3 is 2.21 bits per heavy atom. The van der Waals surface area contributed by atoms with Gasteiger partial charge >= 0.3 is 12.1 Å². The van der Waals surface area contributed by atoms with Gasteiger partial charge in [-0.1, -0.05) is 18.2 Å². The molecule has 2 heterocycles. The first-order chi connectivity index (χ1) is 12.6. The summed E-state index contributed by atoms with van der Waals surface area (Å²) in [5.41, 5.74) is 6.10. The molecule has 9 heteroatoms. The molecule has 1 aliphatic rings. The summed E-state index contributed by atoms with van der Waals surface area (Å²) < 4.78 is 10.4. The zero-order chi connectivity index (χ0) is 18.4. The van der Waals surface area contributed by atoms with Gasteiger partial charge in [0.05, 0.1) is 0 Å². The lowest BCUT2D eigenvalue weighted by Gasteiger charge is -2.36. The van der Waals surface area contributed by atoms with Crippen LogP contribution >= 0.6 is 24.8 Å². The topological polar surface area (TPSA) is 94.8 Å². The second-order valence-corrected chi connectivity index (χ2v) is 6.12. The van der Waals surface area contributed by atoms with Crippen LogP contribution in [-0.4, -0.2) is 36.2 Å². The van der Waals surface area contributed by atoms with Crippen LogP contribution in [0.3, 0.4) is 0 Å². The number of halogens is 2. The molecule has 1 atom stereocenters. The van der Waals surface area contributed by atoms with Crippen LogP contribution in [0.15, 0.2) is 54.9 Å². The van der Waals surface area contributed by atoms with E-state index >= 15 is 0 Å². The van der Waals surface area contributed by atoms with Gasteiger partial charge in [0.15, 0.2) is 6.10 Å². The number of anilines is 1. The number of hydrogen-bond acceptors (Lipinski definition) is 6. The van der Waals surface area contributed by atoms with Crippen molar-refractivity contribution in [1.29, 1.82) is 0 Å². The number of carbonyl (C=O) groups excluding carboxylic acids is 2. The molecule has 7 nitrogen and oxygen atoms in total. The van der Waals surface area contributed by atoms with Crippen LogP contribution in [0.1, 0.15) is 12.8 Å². The zero-order valence-corrected chi connectivity index (χ0v) is 16.7. The lowest BCUT2D eigenvalue weighted by molar-refractivity contribution is -0.148. The quantitative estimate of drug-likeness (QED) is 0.581. The molecule has 1 aromatic heterocycles. The second-order valence-electron chi connectivity index (χ2n) is 6.12. The summed E-state index contributed by atoms with van der Waals surface area (Å²) in [6, 6.07) is 12.9. The molecule has 0 aliphatic carbocycles. The summed E-state index contributed by atoms with van der Waals surface area (Å²) in [5, 5.41) is 0. The SMILES string of the molecule is Cl.Cl.NC(=O)OC(=O)C(Oc1ccccc1)C1CCN(c2ccncc2)CC1. The summed E-state index contributed by atoms with van der Waals surface area (Å²) in [4.78, 5) is 29.6. The second kappa shape index (κ2) is 11.4. The lowest BCUT2D eigenvalue weighted by atomic mass is 9.90. The minimum Gasteiger partial charge on any atom is -0.478 e. The van der Waals surface area contributed by atoms with Crippen molar-refractivity contribution in [3.8, 4) is 5.75 Å². The molecule has 1 aliphatic heterocycles. The van der Waals surface area contributed by atoms with Gasteiger partial charge in [0.1, 0.15) is 5.75 Å². The van der Waals surface area contributed by atoms with Gasteiger partial charge in [-0.3, -0.25) is 4.98 Å². The number of primary amides is 1. The van der Waals surface area contributed by atoms with Crippen LogP contribution in [0.25, 0.3) is 0 Å². The average Bonchev–Trinajstić information content (AvgIpc) is 2.67. The summed E-state index contributed by atoms with van der Waals surface area (Å²) in [6.45, 7) is 1.54. The van der Waals surface area contributed by atoms with E-state index in [1.807, 2.05) is 30.3 Å². The van der Waals surface area contributed by atoms with E-state index in [1.54, 1.807) is 24.5 Å². The van der Waals surface area contributed by atoms with Gasteiger partial charge in [-0.25, -0.2) is 9.59 Å². The number of amides is 1. The molecule has 28 heavy (non-hydrogen) atoms. The Kier molecular flexibility index (Phi) is 9.55. The first kappa shape index (κ1) is 23.5. The number of nitrogens with two attached hydrogens (primary N) is 1. The number of aromatic nitrogens is 1. The minimum atomic E-state index is -1.12. The number of ether oxygens (including phenoxy) is 2. The van der Waals surface area contributed by atoms with Crippen molar-refractivity contribution in [3.63, 3.8) is 0 Å². The third kappa shape index (κ3) is 6.28. The molecule has 0 spiro atoms. The number of hydrogen-bond donors (Lipinski definition) is 1. The molecule has 0 bridgehead atoms. The van der Waals surface area contributed by atoms with E-state index < -0.39 is 18.2 Å². The van der Waals surface area contributed by atoms with Gasteiger partial charge in [-0.05, 0) is 37.1 Å². The lowest BCUT2D eigenvalue weighted by Crippen LogP contribution is -2.44. The fourth-order valence-corrected chi connectivity index (χ4v) is 3.15. The van der Waals surface area contributed by atoms with Crippen LogP contribution in [0.5, 0.6) is 5.75 Å². The van der Waals surface area contributed by atoms with Crippen LogP contribution in [-0.2, 0) is 9.53 Å². The number of carbonyl (C=O) groups is 2. The van der Waals surface area contributed by atoms with Crippen molar-refractivity contribution in [2.75, 3.05) is 18.0 Å². The molecule has 1 unspecified atom stereocenters. The van der Waals surface area contributed by atoms with E-state index in [2.05, 4.69) is 14.6 Å². The maximum absolute atomic E-state index is 12.3. The normalized spacial score (nSPS) is 14.8. The van der Waals surface area contributed by atoms with E-state index in [9.17, 15) is 9.59 Å². The maximum Gasteiger partial charge on any atom is 0.412 e. The van der Waals surface area contributed by atoms with Crippen LogP contribution in [0, 0.1) is 5.92 Å². The average molecular weight is 428 g/mol. The number of esters is 1. The highest BCUT2D eigenvalue weighted by molar-refractivity contribution is 5.87. The first-order valence-corrected chi connectivity index (χ1v) is 8.51. The molecule has 2 aromatic rings. The molecule has 1 amide bonds. The fourth-order valence-electron chi connectivity index (χ4n) is 3.15. The molecule has 1 saturated heterocycles. The predicted octanol–water partition coefficient (Wildman–Crippen LogP) is 3.21. The van der Waals surface area contributed by atoms with Gasteiger partial charge in [-0.15, -0.1) is 24.8 Å². The molecule has 0 saturated carbocycles. The molecule has 1 fully saturated rings. The number of para-hydroxylation sites is 1. The number of benzene rings is 1. The summed E-state index contributed by atoms with van der Waals surface area (Å²) >= 11 is 0. The molecule has 2 N–H and O–H groups in total. The van der Waals surface area contributed by atoms with Crippen molar-refractivity contribution in [2.24, 2.45) is 11.7 Å². The van der Waals surface area contributed by atoms with Gasteiger partial charge in [0.2, 0.25) is 0 Å². The van der Waals surface area contributed by atoms with E-state index in [0.717, 1.165) is 31.6 Å². The van der Waals surface area contributed by atoms with E-state index in [0.29, 0.717) is 5.75 Å². The third-order valence-corrected chi connectivity index (χ3v) is 4.44. The Morgan fingerprint density at radius 2 is 1.64 bits per heavy atom.